The quantitative estimate of drug-likeness (QED) is 0.876. The molecule has 0 saturated carbocycles. The smallest absolute Gasteiger partial charge is 0.225 e. The monoisotopic (exact) mass is 289 g/mol. The summed E-state index contributed by atoms with van der Waals surface area (Å²) >= 11 is 0. The van der Waals surface area contributed by atoms with Crippen LogP contribution in [-0.4, -0.2) is 30.4 Å². The van der Waals surface area contributed by atoms with E-state index in [4.69, 9.17) is 5.73 Å². The van der Waals surface area contributed by atoms with Crippen LogP contribution in [0.5, 0.6) is 0 Å². The van der Waals surface area contributed by atoms with Crippen molar-refractivity contribution in [1.82, 2.24) is 4.90 Å². The number of amides is 1. The Morgan fingerprint density at radius 3 is 2.62 bits per heavy atom. The van der Waals surface area contributed by atoms with Crippen molar-refractivity contribution in [3.8, 4) is 0 Å². The highest BCUT2D eigenvalue weighted by atomic mass is 16.1. The van der Waals surface area contributed by atoms with Crippen molar-refractivity contribution in [3.63, 3.8) is 0 Å². The summed E-state index contributed by atoms with van der Waals surface area (Å²) < 4.78 is 0. The lowest BCUT2D eigenvalue weighted by atomic mass is 9.83. The Kier molecular flexibility index (Phi) is 5.37. The summed E-state index contributed by atoms with van der Waals surface area (Å²) in [4.78, 5) is 14.5. The molecule has 0 bridgehead atoms. The Morgan fingerprint density at radius 1 is 1.29 bits per heavy atom. The van der Waals surface area contributed by atoms with Crippen LogP contribution in [0.2, 0.25) is 0 Å². The van der Waals surface area contributed by atoms with Gasteiger partial charge in [0.2, 0.25) is 5.91 Å². The zero-order valence-corrected chi connectivity index (χ0v) is 13.2. The van der Waals surface area contributed by atoms with Gasteiger partial charge in [0.05, 0.1) is 0 Å². The molecule has 4 heteroatoms. The highest BCUT2D eigenvalue weighted by molar-refractivity contribution is 5.91. The molecular weight excluding hydrogens is 262 g/mol. The maximum absolute atomic E-state index is 12.1. The van der Waals surface area contributed by atoms with Crippen molar-refractivity contribution in [2.75, 3.05) is 25.0 Å². The van der Waals surface area contributed by atoms with Gasteiger partial charge in [-0.05, 0) is 43.0 Å². The number of nitrogens with two attached hydrogens (primary N) is 1. The molecule has 0 spiro atoms. The molecule has 1 amide bonds. The van der Waals surface area contributed by atoms with Crippen LogP contribution in [0.4, 0.5) is 5.69 Å². The van der Waals surface area contributed by atoms with E-state index in [0.717, 1.165) is 30.9 Å². The molecule has 1 aliphatic rings. The van der Waals surface area contributed by atoms with Crippen molar-refractivity contribution in [2.45, 2.75) is 39.7 Å². The topological polar surface area (TPSA) is 58.4 Å². The molecule has 0 radical (unpaired) electrons. The van der Waals surface area contributed by atoms with Gasteiger partial charge in [-0.15, -0.1) is 0 Å². The fraction of sp³-hybridized carbons (Fsp3) is 0.588. The molecule has 1 aromatic rings. The average molecular weight is 289 g/mol. The van der Waals surface area contributed by atoms with Gasteiger partial charge in [0, 0.05) is 25.2 Å². The second kappa shape index (κ2) is 7.05. The fourth-order valence-corrected chi connectivity index (χ4v) is 2.67. The molecule has 1 saturated heterocycles. The number of benzene rings is 1. The molecule has 0 unspecified atom stereocenters. The van der Waals surface area contributed by atoms with E-state index in [1.165, 1.54) is 12.8 Å². The number of hydrogen-bond acceptors (Lipinski definition) is 3. The minimum Gasteiger partial charge on any atom is -0.326 e. The number of anilines is 1. The standard InChI is InChI=1S/C17H27N3O/c1-17(2)8-11-20(12-9-17)10-7-16(21)19-15-6-4-3-5-14(15)13-18/h3-6H,7-13,18H2,1-2H3,(H,19,21). The number of likely N-dealkylation sites (tertiary alicyclic amines) is 1. The Hall–Kier alpha value is -1.39. The summed E-state index contributed by atoms with van der Waals surface area (Å²) in [5, 5.41) is 2.97. The van der Waals surface area contributed by atoms with Gasteiger partial charge in [-0.1, -0.05) is 32.0 Å². The Labute approximate surface area is 127 Å². The number of piperidine rings is 1. The van der Waals surface area contributed by atoms with Gasteiger partial charge >= 0.3 is 0 Å². The van der Waals surface area contributed by atoms with E-state index in [-0.39, 0.29) is 5.91 Å². The average Bonchev–Trinajstić information content (AvgIpc) is 2.47. The minimum absolute atomic E-state index is 0.0701. The third kappa shape index (κ3) is 4.83. The highest BCUT2D eigenvalue weighted by Gasteiger charge is 2.25. The minimum atomic E-state index is 0.0701. The molecule has 3 N–H and O–H groups in total. The number of carbonyl (C=O) groups excluding carboxylic acids is 1. The Morgan fingerprint density at radius 2 is 1.95 bits per heavy atom. The molecule has 0 aromatic heterocycles. The van der Waals surface area contributed by atoms with Gasteiger partial charge in [-0.2, -0.15) is 0 Å². The highest BCUT2D eigenvalue weighted by Crippen LogP contribution is 2.29. The van der Waals surface area contributed by atoms with Gasteiger partial charge in [0.15, 0.2) is 0 Å². The lowest BCUT2D eigenvalue weighted by molar-refractivity contribution is -0.116. The number of hydrogen-bond donors (Lipinski definition) is 2. The van der Waals surface area contributed by atoms with Crippen molar-refractivity contribution in [3.05, 3.63) is 29.8 Å². The van der Waals surface area contributed by atoms with E-state index in [1.54, 1.807) is 0 Å². The maximum Gasteiger partial charge on any atom is 0.225 e. The first-order valence-corrected chi connectivity index (χ1v) is 7.80. The molecule has 1 fully saturated rings. The van der Waals surface area contributed by atoms with Crippen molar-refractivity contribution in [1.29, 1.82) is 0 Å². The summed E-state index contributed by atoms with van der Waals surface area (Å²) in [6.45, 7) is 8.12. The Balaban J connectivity index is 1.78. The van der Waals surface area contributed by atoms with Gasteiger partial charge < -0.3 is 16.0 Å². The van der Waals surface area contributed by atoms with Crippen LogP contribution < -0.4 is 11.1 Å². The van der Waals surface area contributed by atoms with Gasteiger partial charge in [0.25, 0.3) is 0 Å². The second-order valence-electron chi connectivity index (χ2n) is 6.67. The second-order valence-corrected chi connectivity index (χ2v) is 6.67. The summed E-state index contributed by atoms with van der Waals surface area (Å²) in [5.74, 6) is 0.0701. The summed E-state index contributed by atoms with van der Waals surface area (Å²) in [6.07, 6.45) is 2.97. The molecule has 1 aromatic carbocycles. The third-order valence-corrected chi connectivity index (χ3v) is 4.38. The predicted molar refractivity (Wildman–Crippen MR) is 87.0 cm³/mol. The summed E-state index contributed by atoms with van der Waals surface area (Å²) in [5.41, 5.74) is 7.96. The first-order valence-electron chi connectivity index (χ1n) is 7.80. The van der Waals surface area contributed by atoms with Gasteiger partial charge in [0.1, 0.15) is 0 Å². The van der Waals surface area contributed by atoms with Gasteiger partial charge in [-0.3, -0.25) is 4.79 Å². The molecule has 1 heterocycles. The third-order valence-electron chi connectivity index (χ3n) is 4.38. The number of para-hydroxylation sites is 1. The van der Waals surface area contributed by atoms with E-state index >= 15 is 0 Å². The fourth-order valence-electron chi connectivity index (χ4n) is 2.67. The van der Waals surface area contributed by atoms with Crippen molar-refractivity contribution >= 4 is 11.6 Å². The first kappa shape index (κ1) is 16.0. The number of carbonyl (C=O) groups is 1. The van der Waals surface area contributed by atoms with E-state index < -0.39 is 0 Å². The normalized spacial score (nSPS) is 18.4. The van der Waals surface area contributed by atoms with Crippen LogP contribution in [0.15, 0.2) is 24.3 Å². The zero-order valence-electron chi connectivity index (χ0n) is 13.2. The van der Waals surface area contributed by atoms with E-state index in [9.17, 15) is 4.79 Å². The van der Waals surface area contributed by atoms with Gasteiger partial charge in [-0.25, -0.2) is 0 Å². The maximum atomic E-state index is 12.1. The molecule has 4 nitrogen and oxygen atoms in total. The molecule has 2 rings (SSSR count). The molecule has 0 atom stereocenters. The Bertz CT molecular complexity index is 475. The van der Waals surface area contributed by atoms with E-state index in [0.29, 0.717) is 18.4 Å². The first-order chi connectivity index (χ1) is 10.00. The van der Waals surface area contributed by atoms with E-state index in [1.807, 2.05) is 24.3 Å². The van der Waals surface area contributed by atoms with Crippen LogP contribution in [0.25, 0.3) is 0 Å². The molecule has 21 heavy (non-hydrogen) atoms. The number of nitrogens with zero attached hydrogens (tertiary/aromatic N) is 1. The van der Waals surface area contributed by atoms with Crippen LogP contribution >= 0.6 is 0 Å². The molecular formula is C17H27N3O. The van der Waals surface area contributed by atoms with Crippen molar-refractivity contribution in [2.24, 2.45) is 11.1 Å². The van der Waals surface area contributed by atoms with Crippen LogP contribution in [0, 0.1) is 5.41 Å². The summed E-state index contributed by atoms with van der Waals surface area (Å²) in [6, 6.07) is 7.71. The number of rotatable bonds is 5. The lowest BCUT2D eigenvalue weighted by Gasteiger charge is -2.36. The molecule has 116 valence electrons. The molecule has 0 aliphatic carbocycles. The summed E-state index contributed by atoms with van der Waals surface area (Å²) in [7, 11) is 0. The molecule has 1 aliphatic heterocycles. The van der Waals surface area contributed by atoms with E-state index in [2.05, 4.69) is 24.1 Å². The number of nitrogens with one attached hydrogen (secondary N) is 1. The largest absolute Gasteiger partial charge is 0.326 e. The van der Waals surface area contributed by atoms with Crippen molar-refractivity contribution < 1.29 is 4.79 Å². The van der Waals surface area contributed by atoms with Crippen LogP contribution in [0.3, 0.4) is 0 Å². The SMILES string of the molecule is CC1(C)CCN(CCC(=O)Nc2ccccc2CN)CC1. The zero-order chi connectivity index (χ0) is 15.3. The van der Waals surface area contributed by atoms with Crippen LogP contribution in [0.1, 0.15) is 38.7 Å². The van der Waals surface area contributed by atoms with Crippen LogP contribution in [-0.2, 0) is 11.3 Å². The lowest BCUT2D eigenvalue weighted by Crippen LogP contribution is -2.38. The predicted octanol–water partition coefficient (Wildman–Crippen LogP) is 2.60.